The molecule has 0 radical (unpaired) electrons. The number of rotatable bonds is 5. The molecule has 0 aliphatic rings. The predicted molar refractivity (Wildman–Crippen MR) is 54.9 cm³/mol. The average Bonchev–Trinajstić information content (AvgIpc) is 1.83. The standard InChI is InChI=1S/C10H24N2/c1-7-8-12(5,6)10-9-11(2,3)4/h7H,1,8-10H2,2-6H3/q+2. The van der Waals surface area contributed by atoms with Gasteiger partial charge in [-0.05, 0) is 6.08 Å². The fourth-order valence-corrected chi connectivity index (χ4v) is 1.01. The molecule has 0 bridgehead atoms. The molecule has 0 N–H and O–H groups in total. The van der Waals surface area contributed by atoms with Crippen LogP contribution in [-0.4, -0.2) is 63.8 Å². The van der Waals surface area contributed by atoms with Crippen molar-refractivity contribution in [2.75, 3.05) is 54.9 Å². The van der Waals surface area contributed by atoms with Crippen molar-refractivity contribution >= 4 is 0 Å². The Kier molecular flexibility index (Phi) is 3.94. The predicted octanol–water partition coefficient (Wildman–Crippen LogP) is 0.955. The fourth-order valence-electron chi connectivity index (χ4n) is 1.01. The lowest BCUT2D eigenvalue weighted by Crippen LogP contribution is -2.48. The van der Waals surface area contributed by atoms with Crippen LogP contribution in [-0.2, 0) is 0 Å². The second-order valence-corrected chi connectivity index (χ2v) is 5.14. The fraction of sp³-hybridized carbons (Fsp3) is 0.800. The Morgan fingerprint density at radius 3 is 1.83 bits per heavy atom. The van der Waals surface area contributed by atoms with E-state index >= 15 is 0 Å². The summed E-state index contributed by atoms with van der Waals surface area (Å²) in [5, 5.41) is 0. The molecule has 0 aromatic heterocycles. The molecule has 0 aromatic rings. The highest BCUT2D eigenvalue weighted by Gasteiger charge is 2.17. The molecule has 0 saturated heterocycles. The molecule has 0 saturated carbocycles. The maximum atomic E-state index is 3.77. The summed E-state index contributed by atoms with van der Waals surface area (Å²) in [5.41, 5.74) is 0. The van der Waals surface area contributed by atoms with E-state index < -0.39 is 0 Å². The van der Waals surface area contributed by atoms with Gasteiger partial charge in [-0.15, -0.1) is 0 Å². The van der Waals surface area contributed by atoms with Crippen LogP contribution in [0.3, 0.4) is 0 Å². The minimum atomic E-state index is 1.04. The lowest BCUT2D eigenvalue weighted by molar-refractivity contribution is -0.934. The molecule has 0 heterocycles. The largest absolute Gasteiger partial charge is 0.326 e. The van der Waals surface area contributed by atoms with Crippen LogP contribution in [0.2, 0.25) is 0 Å². The summed E-state index contributed by atoms with van der Waals surface area (Å²) in [6.45, 7) is 7.24. The maximum absolute atomic E-state index is 3.77. The van der Waals surface area contributed by atoms with E-state index in [9.17, 15) is 0 Å². The summed E-state index contributed by atoms with van der Waals surface area (Å²) in [6, 6.07) is 0. The average molecular weight is 172 g/mol. The van der Waals surface area contributed by atoms with Gasteiger partial charge in [0.2, 0.25) is 0 Å². The Morgan fingerprint density at radius 2 is 1.50 bits per heavy atom. The van der Waals surface area contributed by atoms with E-state index in [1.165, 1.54) is 13.1 Å². The van der Waals surface area contributed by atoms with Gasteiger partial charge < -0.3 is 8.97 Å². The number of quaternary nitrogens is 2. The van der Waals surface area contributed by atoms with Crippen LogP contribution in [0, 0.1) is 0 Å². The lowest BCUT2D eigenvalue weighted by Gasteiger charge is -2.32. The number of hydrogen-bond acceptors (Lipinski definition) is 0. The van der Waals surface area contributed by atoms with E-state index in [1.807, 2.05) is 6.08 Å². The lowest BCUT2D eigenvalue weighted by atomic mass is 10.4. The van der Waals surface area contributed by atoms with Gasteiger partial charge in [-0.1, -0.05) is 6.58 Å². The summed E-state index contributed by atoms with van der Waals surface area (Å²) in [6.07, 6.45) is 2.00. The topological polar surface area (TPSA) is 0 Å². The van der Waals surface area contributed by atoms with E-state index in [2.05, 4.69) is 41.8 Å². The van der Waals surface area contributed by atoms with Crippen molar-refractivity contribution in [3.63, 3.8) is 0 Å². The van der Waals surface area contributed by atoms with E-state index in [0.29, 0.717) is 0 Å². The van der Waals surface area contributed by atoms with Crippen molar-refractivity contribution in [2.24, 2.45) is 0 Å². The van der Waals surface area contributed by atoms with Crippen molar-refractivity contribution in [1.29, 1.82) is 0 Å². The van der Waals surface area contributed by atoms with Crippen molar-refractivity contribution < 1.29 is 8.97 Å². The highest BCUT2D eigenvalue weighted by atomic mass is 15.4. The summed E-state index contributed by atoms with van der Waals surface area (Å²) < 4.78 is 2.08. The first-order chi connectivity index (χ1) is 5.27. The first kappa shape index (κ1) is 11.7. The van der Waals surface area contributed by atoms with E-state index in [1.54, 1.807) is 0 Å². The van der Waals surface area contributed by atoms with Gasteiger partial charge >= 0.3 is 0 Å². The molecule has 0 atom stereocenters. The Labute approximate surface area is 77.3 Å². The van der Waals surface area contributed by atoms with Crippen LogP contribution in [0.1, 0.15) is 0 Å². The quantitative estimate of drug-likeness (QED) is 0.428. The zero-order valence-electron chi connectivity index (χ0n) is 9.30. The molecule has 0 amide bonds. The van der Waals surface area contributed by atoms with Gasteiger partial charge in [0.25, 0.3) is 0 Å². The van der Waals surface area contributed by atoms with Crippen molar-refractivity contribution in [1.82, 2.24) is 0 Å². The van der Waals surface area contributed by atoms with E-state index in [-0.39, 0.29) is 0 Å². The molecule has 0 unspecified atom stereocenters. The minimum absolute atomic E-state index is 1.04. The Hall–Kier alpha value is -0.340. The smallest absolute Gasteiger partial charge is 0.128 e. The SMILES string of the molecule is C=CC[N+](C)(C)CC[N+](C)(C)C. The zero-order chi connectivity index (χ0) is 9.83. The highest BCUT2D eigenvalue weighted by molar-refractivity contribution is 4.64. The van der Waals surface area contributed by atoms with Crippen LogP contribution in [0.15, 0.2) is 12.7 Å². The molecule has 2 heteroatoms. The third-order valence-corrected chi connectivity index (χ3v) is 2.00. The molecule has 0 aliphatic carbocycles. The Balaban J connectivity index is 3.83. The molecule has 0 spiro atoms. The number of hydrogen-bond donors (Lipinski definition) is 0. The summed E-state index contributed by atoms with van der Waals surface area (Å²) in [5.74, 6) is 0. The second kappa shape index (κ2) is 4.06. The second-order valence-electron chi connectivity index (χ2n) is 5.14. The molecule has 12 heavy (non-hydrogen) atoms. The van der Waals surface area contributed by atoms with Gasteiger partial charge in [-0.2, -0.15) is 0 Å². The Morgan fingerprint density at radius 1 is 1.00 bits per heavy atom. The number of likely N-dealkylation sites (N-methyl/N-ethyl adjacent to an activating group) is 2. The third kappa shape index (κ3) is 6.38. The minimum Gasteiger partial charge on any atom is -0.326 e. The van der Waals surface area contributed by atoms with Gasteiger partial charge in [0, 0.05) is 0 Å². The van der Waals surface area contributed by atoms with Gasteiger partial charge in [0.1, 0.15) is 13.1 Å². The van der Waals surface area contributed by atoms with Crippen LogP contribution in [0.25, 0.3) is 0 Å². The monoisotopic (exact) mass is 172 g/mol. The molecule has 0 aliphatic heterocycles. The molecule has 0 fully saturated rings. The van der Waals surface area contributed by atoms with Crippen LogP contribution < -0.4 is 0 Å². The Bertz CT molecular complexity index is 142. The van der Waals surface area contributed by atoms with Gasteiger partial charge in [-0.25, -0.2) is 0 Å². The zero-order valence-corrected chi connectivity index (χ0v) is 9.30. The molecular formula is C10H24N2+2. The summed E-state index contributed by atoms with van der Waals surface area (Å²) in [4.78, 5) is 0. The van der Waals surface area contributed by atoms with Crippen molar-refractivity contribution in [3.8, 4) is 0 Å². The summed E-state index contributed by atoms with van der Waals surface area (Å²) in [7, 11) is 11.2. The van der Waals surface area contributed by atoms with Crippen LogP contribution in [0.4, 0.5) is 0 Å². The molecule has 0 aromatic carbocycles. The first-order valence-electron chi connectivity index (χ1n) is 4.50. The first-order valence-corrected chi connectivity index (χ1v) is 4.50. The van der Waals surface area contributed by atoms with Crippen LogP contribution >= 0.6 is 0 Å². The van der Waals surface area contributed by atoms with E-state index in [0.717, 1.165) is 15.5 Å². The third-order valence-electron chi connectivity index (χ3n) is 2.00. The van der Waals surface area contributed by atoms with E-state index in [4.69, 9.17) is 0 Å². The van der Waals surface area contributed by atoms with Crippen molar-refractivity contribution in [2.45, 2.75) is 0 Å². The molecule has 72 valence electrons. The highest BCUT2D eigenvalue weighted by Crippen LogP contribution is 1.99. The van der Waals surface area contributed by atoms with Crippen molar-refractivity contribution in [3.05, 3.63) is 12.7 Å². The van der Waals surface area contributed by atoms with Gasteiger partial charge in [0.15, 0.2) is 0 Å². The number of nitrogens with zero attached hydrogens (tertiary/aromatic N) is 2. The normalized spacial score (nSPS) is 13.1. The molecule has 0 rings (SSSR count). The van der Waals surface area contributed by atoms with Gasteiger partial charge in [-0.3, -0.25) is 0 Å². The molecule has 2 nitrogen and oxygen atoms in total. The van der Waals surface area contributed by atoms with Crippen LogP contribution in [0.5, 0.6) is 0 Å². The summed E-state index contributed by atoms with van der Waals surface area (Å²) >= 11 is 0. The molecular weight excluding hydrogens is 148 g/mol. The van der Waals surface area contributed by atoms with Gasteiger partial charge in [0.05, 0.1) is 41.8 Å². The maximum Gasteiger partial charge on any atom is 0.128 e.